The molecule has 4 rings (SSSR count). The van der Waals surface area contributed by atoms with Gasteiger partial charge in [0.05, 0.1) is 0 Å². The molecule has 1 nitrogen and oxygen atoms in total. The zero-order valence-corrected chi connectivity index (χ0v) is 21.1. The van der Waals surface area contributed by atoms with Gasteiger partial charge in [0.1, 0.15) is 11.6 Å². The highest BCUT2D eigenvalue weighted by Gasteiger charge is 2.31. The Morgan fingerprint density at radius 1 is 0.694 bits per heavy atom. The molecule has 2 aromatic carbocycles. The molecular weight excluding hydrogens is 471 g/mol. The summed E-state index contributed by atoms with van der Waals surface area (Å²) in [5.41, 5.74) is -0.0805. The standard InChI is InChI=1S/C30H37F5O/c1-2-3-4-19-5-10-21(11-6-19)22-12-7-20(8-13-22)9-14-24-25(31)15-16-28(29(24)34)36-23-17-26(32)30(35)27(33)18-23/h15-22H,2-14H2,1H3. The van der Waals surface area contributed by atoms with Gasteiger partial charge in [-0.3, -0.25) is 0 Å². The number of hydrogen-bond acceptors (Lipinski definition) is 1. The first kappa shape index (κ1) is 26.9. The predicted octanol–water partition coefficient (Wildman–Crippen LogP) is 9.91. The Morgan fingerprint density at radius 2 is 1.25 bits per heavy atom. The summed E-state index contributed by atoms with van der Waals surface area (Å²) >= 11 is 0. The summed E-state index contributed by atoms with van der Waals surface area (Å²) in [6.07, 6.45) is 15.0. The van der Waals surface area contributed by atoms with Gasteiger partial charge in [-0.25, -0.2) is 22.0 Å². The van der Waals surface area contributed by atoms with Gasteiger partial charge in [0.2, 0.25) is 0 Å². The lowest BCUT2D eigenvalue weighted by Crippen LogP contribution is -2.26. The molecule has 2 aliphatic carbocycles. The third-order valence-corrected chi connectivity index (χ3v) is 8.55. The maximum atomic E-state index is 15.0. The van der Waals surface area contributed by atoms with Gasteiger partial charge < -0.3 is 4.74 Å². The number of halogens is 5. The van der Waals surface area contributed by atoms with Crippen LogP contribution in [0.5, 0.6) is 11.5 Å². The molecule has 0 aromatic heterocycles. The maximum Gasteiger partial charge on any atom is 0.194 e. The molecule has 2 aromatic rings. The summed E-state index contributed by atoms with van der Waals surface area (Å²) in [5.74, 6) is -3.79. The molecule has 0 saturated heterocycles. The summed E-state index contributed by atoms with van der Waals surface area (Å²) in [5, 5.41) is 0. The van der Waals surface area contributed by atoms with E-state index in [0.29, 0.717) is 24.5 Å². The largest absolute Gasteiger partial charge is 0.454 e. The molecule has 0 unspecified atom stereocenters. The van der Waals surface area contributed by atoms with E-state index in [4.69, 9.17) is 4.74 Å². The lowest BCUT2D eigenvalue weighted by atomic mass is 9.68. The van der Waals surface area contributed by atoms with Crippen LogP contribution in [-0.2, 0) is 6.42 Å². The monoisotopic (exact) mass is 508 g/mol. The van der Waals surface area contributed by atoms with E-state index in [-0.39, 0.29) is 23.5 Å². The van der Waals surface area contributed by atoms with Crippen LogP contribution in [0.1, 0.15) is 89.5 Å². The zero-order chi connectivity index (χ0) is 25.7. The molecule has 6 heteroatoms. The Morgan fingerprint density at radius 3 is 1.81 bits per heavy atom. The molecule has 0 aliphatic heterocycles. The van der Waals surface area contributed by atoms with Crippen LogP contribution in [0.3, 0.4) is 0 Å². The first-order valence-corrected chi connectivity index (χ1v) is 13.6. The summed E-state index contributed by atoms with van der Waals surface area (Å²) in [7, 11) is 0. The van der Waals surface area contributed by atoms with E-state index in [1.54, 1.807) is 0 Å². The van der Waals surface area contributed by atoms with Crippen LogP contribution in [0.15, 0.2) is 24.3 Å². The average molecular weight is 509 g/mol. The fourth-order valence-corrected chi connectivity index (χ4v) is 6.34. The van der Waals surface area contributed by atoms with Gasteiger partial charge in [-0.05, 0) is 74.3 Å². The van der Waals surface area contributed by atoms with Gasteiger partial charge in [-0.1, -0.05) is 51.9 Å². The van der Waals surface area contributed by atoms with Crippen molar-refractivity contribution in [2.75, 3.05) is 0 Å². The van der Waals surface area contributed by atoms with Crippen molar-refractivity contribution in [1.82, 2.24) is 0 Å². The molecule has 0 bridgehead atoms. The smallest absolute Gasteiger partial charge is 0.194 e. The van der Waals surface area contributed by atoms with Crippen LogP contribution in [0, 0.1) is 52.8 Å². The van der Waals surface area contributed by atoms with Crippen molar-refractivity contribution < 1.29 is 26.7 Å². The van der Waals surface area contributed by atoms with Gasteiger partial charge in [0.25, 0.3) is 0 Å². The predicted molar refractivity (Wildman–Crippen MR) is 131 cm³/mol. The highest BCUT2D eigenvalue weighted by atomic mass is 19.2. The molecule has 2 fully saturated rings. The third-order valence-electron chi connectivity index (χ3n) is 8.55. The van der Waals surface area contributed by atoms with E-state index in [1.807, 2.05) is 0 Å². The van der Waals surface area contributed by atoms with Crippen molar-refractivity contribution >= 4 is 0 Å². The first-order chi connectivity index (χ1) is 17.4. The van der Waals surface area contributed by atoms with E-state index in [1.165, 1.54) is 57.8 Å². The Balaban J connectivity index is 1.29. The fourth-order valence-electron chi connectivity index (χ4n) is 6.34. The summed E-state index contributed by atoms with van der Waals surface area (Å²) in [6, 6.07) is 3.45. The van der Waals surface area contributed by atoms with Gasteiger partial charge in [-0.2, -0.15) is 0 Å². The molecule has 2 saturated carbocycles. The number of unbranched alkanes of at least 4 members (excludes halogenated alkanes) is 1. The average Bonchev–Trinajstić information content (AvgIpc) is 2.88. The Kier molecular flexibility index (Phi) is 9.30. The second-order valence-corrected chi connectivity index (χ2v) is 10.9. The maximum absolute atomic E-state index is 15.0. The highest BCUT2D eigenvalue weighted by Crippen LogP contribution is 2.43. The Hall–Kier alpha value is -2.11. The number of ether oxygens (including phenoxy) is 1. The van der Waals surface area contributed by atoms with Gasteiger partial charge in [-0.15, -0.1) is 0 Å². The zero-order valence-electron chi connectivity index (χ0n) is 21.1. The molecule has 0 spiro atoms. The van der Waals surface area contributed by atoms with E-state index in [0.717, 1.165) is 42.7 Å². The topological polar surface area (TPSA) is 9.23 Å². The number of hydrogen-bond donors (Lipinski definition) is 0. The van der Waals surface area contributed by atoms with Crippen LogP contribution < -0.4 is 4.74 Å². The summed E-state index contributed by atoms with van der Waals surface area (Å²) < 4.78 is 74.9. The lowest BCUT2D eigenvalue weighted by Gasteiger charge is -2.38. The van der Waals surface area contributed by atoms with Crippen LogP contribution in [0.25, 0.3) is 0 Å². The van der Waals surface area contributed by atoms with Crippen molar-refractivity contribution in [3.05, 3.63) is 58.9 Å². The van der Waals surface area contributed by atoms with E-state index < -0.39 is 29.1 Å². The molecule has 0 atom stereocenters. The van der Waals surface area contributed by atoms with Crippen molar-refractivity contribution in [2.24, 2.45) is 23.7 Å². The molecular formula is C30H37F5O. The van der Waals surface area contributed by atoms with Crippen LogP contribution in [0.4, 0.5) is 22.0 Å². The van der Waals surface area contributed by atoms with E-state index in [9.17, 15) is 17.6 Å². The molecule has 2 aliphatic rings. The lowest BCUT2D eigenvalue weighted by molar-refractivity contribution is 0.140. The fraction of sp³-hybridized carbons (Fsp3) is 0.600. The van der Waals surface area contributed by atoms with Crippen LogP contribution >= 0.6 is 0 Å². The first-order valence-electron chi connectivity index (χ1n) is 13.6. The SMILES string of the molecule is CCCCC1CCC(C2CCC(CCc3c(F)ccc(Oc4cc(F)c(F)c(F)c4)c3F)CC2)CC1. The van der Waals surface area contributed by atoms with Gasteiger partial charge in [0, 0.05) is 17.7 Å². The van der Waals surface area contributed by atoms with Crippen LogP contribution in [-0.4, -0.2) is 0 Å². The molecule has 36 heavy (non-hydrogen) atoms. The number of rotatable bonds is 9. The number of benzene rings is 2. The van der Waals surface area contributed by atoms with Crippen molar-refractivity contribution in [2.45, 2.75) is 90.4 Å². The van der Waals surface area contributed by atoms with Crippen molar-refractivity contribution in [3.8, 4) is 11.5 Å². The molecule has 198 valence electrons. The minimum Gasteiger partial charge on any atom is -0.454 e. The van der Waals surface area contributed by atoms with E-state index >= 15 is 4.39 Å². The molecule has 0 amide bonds. The molecule has 0 N–H and O–H groups in total. The van der Waals surface area contributed by atoms with Crippen molar-refractivity contribution in [3.63, 3.8) is 0 Å². The summed E-state index contributed by atoms with van der Waals surface area (Å²) in [4.78, 5) is 0. The highest BCUT2D eigenvalue weighted by molar-refractivity contribution is 5.37. The minimum atomic E-state index is -1.63. The van der Waals surface area contributed by atoms with E-state index in [2.05, 4.69) is 6.92 Å². The van der Waals surface area contributed by atoms with Gasteiger partial charge in [0.15, 0.2) is 29.0 Å². The second kappa shape index (κ2) is 12.4. The Bertz CT molecular complexity index is 984. The Labute approximate surface area is 211 Å². The van der Waals surface area contributed by atoms with Crippen LogP contribution in [0.2, 0.25) is 0 Å². The quantitative estimate of drug-likeness (QED) is 0.242. The molecule has 0 heterocycles. The van der Waals surface area contributed by atoms with Crippen molar-refractivity contribution in [1.29, 1.82) is 0 Å². The second-order valence-electron chi connectivity index (χ2n) is 10.9. The third kappa shape index (κ3) is 6.60. The minimum absolute atomic E-state index is 0.0805. The molecule has 0 radical (unpaired) electrons. The van der Waals surface area contributed by atoms with Gasteiger partial charge >= 0.3 is 0 Å². The summed E-state index contributed by atoms with van der Waals surface area (Å²) in [6.45, 7) is 2.26. The normalized spacial score (nSPS) is 24.6.